The summed E-state index contributed by atoms with van der Waals surface area (Å²) in [5, 5.41) is 10.9. The molecule has 2 rings (SSSR count). The van der Waals surface area contributed by atoms with Crippen LogP contribution in [0.5, 0.6) is 0 Å². The monoisotopic (exact) mass is 357 g/mol. The van der Waals surface area contributed by atoms with Crippen molar-refractivity contribution in [3.63, 3.8) is 0 Å². The molecule has 0 amide bonds. The van der Waals surface area contributed by atoms with Crippen molar-refractivity contribution in [1.29, 1.82) is 0 Å². The number of aliphatic hydroxyl groups is 1. The van der Waals surface area contributed by atoms with E-state index in [2.05, 4.69) is 15.9 Å². The van der Waals surface area contributed by atoms with E-state index in [0.29, 0.717) is 16.1 Å². The highest BCUT2D eigenvalue weighted by Crippen LogP contribution is 2.35. The lowest BCUT2D eigenvalue weighted by molar-refractivity contribution is 0.147. The van der Waals surface area contributed by atoms with Gasteiger partial charge in [-0.3, -0.25) is 0 Å². The Kier molecular flexibility index (Phi) is 5.16. The molecule has 0 aromatic heterocycles. The molecule has 2 aromatic carbocycles. The summed E-state index contributed by atoms with van der Waals surface area (Å²) in [6, 6.07) is 11.3. The van der Waals surface area contributed by atoms with Crippen molar-refractivity contribution in [3.8, 4) is 0 Å². The predicted molar refractivity (Wildman–Crippen MR) is 82.3 cm³/mol. The van der Waals surface area contributed by atoms with E-state index >= 15 is 0 Å². The molecule has 106 valence electrons. The Balaban J connectivity index is 2.36. The van der Waals surface area contributed by atoms with E-state index in [4.69, 9.17) is 17.3 Å². The van der Waals surface area contributed by atoms with Gasteiger partial charge in [-0.2, -0.15) is 0 Å². The zero-order valence-corrected chi connectivity index (χ0v) is 12.9. The molecule has 0 aliphatic rings. The van der Waals surface area contributed by atoms with Gasteiger partial charge in [-0.1, -0.05) is 45.7 Å². The molecule has 0 bridgehead atoms. The minimum atomic E-state index is -0.887. The number of rotatable bonds is 4. The first-order valence-corrected chi connectivity index (χ1v) is 7.28. The molecular formula is C15H14BrClFNO. The molecule has 3 N–H and O–H groups in total. The topological polar surface area (TPSA) is 46.2 Å². The van der Waals surface area contributed by atoms with Crippen LogP contribution in [0.15, 0.2) is 46.9 Å². The number of hydrogen-bond donors (Lipinski definition) is 2. The van der Waals surface area contributed by atoms with Crippen molar-refractivity contribution in [2.45, 2.75) is 12.0 Å². The lowest BCUT2D eigenvalue weighted by Crippen LogP contribution is -2.20. The Morgan fingerprint density at radius 2 is 2.00 bits per heavy atom. The average Bonchev–Trinajstić information content (AvgIpc) is 2.39. The third kappa shape index (κ3) is 3.38. The Morgan fingerprint density at radius 3 is 2.60 bits per heavy atom. The molecule has 0 heterocycles. The van der Waals surface area contributed by atoms with Crippen LogP contribution in [0, 0.1) is 5.82 Å². The van der Waals surface area contributed by atoms with Gasteiger partial charge in [0.1, 0.15) is 5.82 Å². The standard InChI is InChI=1S/C15H14BrClFNO/c16-10-4-5-12(14(17)7-10)15(20)13(8-19)9-2-1-3-11(18)6-9/h1-7,13,15,20H,8,19H2. The third-order valence-corrected chi connectivity index (χ3v) is 4.01. The Morgan fingerprint density at radius 1 is 1.25 bits per heavy atom. The summed E-state index contributed by atoms with van der Waals surface area (Å²) in [6.45, 7) is 0.191. The van der Waals surface area contributed by atoms with Crippen molar-refractivity contribution in [1.82, 2.24) is 0 Å². The molecular weight excluding hydrogens is 345 g/mol. The molecule has 0 saturated heterocycles. The zero-order valence-electron chi connectivity index (χ0n) is 10.6. The number of nitrogens with two attached hydrogens (primary N) is 1. The molecule has 0 spiro atoms. The van der Waals surface area contributed by atoms with Gasteiger partial charge >= 0.3 is 0 Å². The first-order chi connectivity index (χ1) is 9.52. The van der Waals surface area contributed by atoms with Crippen LogP contribution >= 0.6 is 27.5 Å². The Bertz CT molecular complexity index is 608. The van der Waals surface area contributed by atoms with Gasteiger partial charge in [-0.25, -0.2) is 4.39 Å². The summed E-state index contributed by atoms with van der Waals surface area (Å²) in [5.74, 6) is -0.764. The molecule has 2 atom stereocenters. The molecule has 0 fully saturated rings. The second kappa shape index (κ2) is 6.68. The highest BCUT2D eigenvalue weighted by Gasteiger charge is 2.23. The second-order valence-corrected chi connectivity index (χ2v) is 5.83. The van der Waals surface area contributed by atoms with E-state index < -0.39 is 12.0 Å². The maximum Gasteiger partial charge on any atom is 0.123 e. The SMILES string of the molecule is NCC(c1cccc(F)c1)C(O)c1ccc(Br)cc1Cl. The van der Waals surface area contributed by atoms with Crippen LogP contribution in [-0.4, -0.2) is 11.7 Å². The van der Waals surface area contributed by atoms with Gasteiger partial charge in [0.05, 0.1) is 6.10 Å². The van der Waals surface area contributed by atoms with E-state index in [1.54, 1.807) is 30.3 Å². The van der Waals surface area contributed by atoms with Gasteiger partial charge < -0.3 is 10.8 Å². The van der Waals surface area contributed by atoms with Crippen LogP contribution in [0.25, 0.3) is 0 Å². The van der Waals surface area contributed by atoms with Crippen molar-refractivity contribution in [2.75, 3.05) is 6.54 Å². The zero-order chi connectivity index (χ0) is 14.7. The van der Waals surface area contributed by atoms with Crippen molar-refractivity contribution < 1.29 is 9.50 Å². The van der Waals surface area contributed by atoms with E-state index in [0.717, 1.165) is 4.47 Å². The van der Waals surface area contributed by atoms with Crippen LogP contribution in [0.3, 0.4) is 0 Å². The average molecular weight is 359 g/mol. The lowest BCUT2D eigenvalue weighted by atomic mass is 9.89. The minimum Gasteiger partial charge on any atom is -0.388 e. The van der Waals surface area contributed by atoms with Crippen molar-refractivity contribution in [2.24, 2.45) is 5.73 Å². The quantitative estimate of drug-likeness (QED) is 0.867. The van der Waals surface area contributed by atoms with E-state index in [9.17, 15) is 9.50 Å². The summed E-state index contributed by atoms with van der Waals surface area (Å²) < 4.78 is 14.1. The van der Waals surface area contributed by atoms with E-state index in [-0.39, 0.29) is 12.4 Å². The van der Waals surface area contributed by atoms with Crippen LogP contribution in [0.1, 0.15) is 23.1 Å². The number of hydrogen-bond acceptors (Lipinski definition) is 2. The number of halogens is 3. The van der Waals surface area contributed by atoms with Crippen LogP contribution in [0.2, 0.25) is 5.02 Å². The molecule has 0 radical (unpaired) electrons. The van der Waals surface area contributed by atoms with Gasteiger partial charge in [-0.05, 0) is 35.4 Å². The molecule has 5 heteroatoms. The molecule has 0 saturated carbocycles. The van der Waals surface area contributed by atoms with Gasteiger partial charge in [0, 0.05) is 22.0 Å². The Labute approximate surface area is 130 Å². The van der Waals surface area contributed by atoms with Gasteiger partial charge in [0.25, 0.3) is 0 Å². The largest absolute Gasteiger partial charge is 0.388 e. The van der Waals surface area contributed by atoms with E-state index in [1.807, 2.05) is 0 Å². The summed E-state index contributed by atoms with van der Waals surface area (Å²) >= 11 is 9.45. The molecule has 0 aliphatic carbocycles. The fourth-order valence-corrected chi connectivity index (χ4v) is 2.93. The maximum atomic E-state index is 13.3. The van der Waals surface area contributed by atoms with Crippen LogP contribution in [0.4, 0.5) is 4.39 Å². The predicted octanol–water partition coefficient (Wildman–Crippen LogP) is 4.02. The van der Waals surface area contributed by atoms with Crippen LogP contribution < -0.4 is 5.73 Å². The maximum absolute atomic E-state index is 13.3. The lowest BCUT2D eigenvalue weighted by Gasteiger charge is -2.23. The molecule has 0 aliphatic heterocycles. The summed E-state index contributed by atoms with van der Waals surface area (Å²) in [5.41, 5.74) is 6.97. The van der Waals surface area contributed by atoms with Gasteiger partial charge in [-0.15, -0.1) is 0 Å². The number of aliphatic hydroxyl groups excluding tert-OH is 1. The van der Waals surface area contributed by atoms with E-state index in [1.165, 1.54) is 12.1 Å². The summed E-state index contributed by atoms with van der Waals surface area (Å²) in [6.07, 6.45) is -0.887. The first-order valence-electron chi connectivity index (χ1n) is 6.11. The highest BCUT2D eigenvalue weighted by atomic mass is 79.9. The molecule has 2 unspecified atom stereocenters. The molecule has 20 heavy (non-hydrogen) atoms. The summed E-state index contributed by atoms with van der Waals surface area (Å²) in [4.78, 5) is 0. The minimum absolute atomic E-state index is 0.191. The summed E-state index contributed by atoms with van der Waals surface area (Å²) in [7, 11) is 0. The van der Waals surface area contributed by atoms with Crippen molar-refractivity contribution >= 4 is 27.5 Å². The third-order valence-electron chi connectivity index (χ3n) is 3.19. The highest BCUT2D eigenvalue weighted by molar-refractivity contribution is 9.10. The van der Waals surface area contributed by atoms with Gasteiger partial charge in [0.15, 0.2) is 0 Å². The van der Waals surface area contributed by atoms with Gasteiger partial charge in [0.2, 0.25) is 0 Å². The second-order valence-electron chi connectivity index (χ2n) is 4.51. The van der Waals surface area contributed by atoms with Crippen LogP contribution in [-0.2, 0) is 0 Å². The molecule has 2 nitrogen and oxygen atoms in total. The Hall–Kier alpha value is -0.940. The fourth-order valence-electron chi connectivity index (χ4n) is 2.14. The van der Waals surface area contributed by atoms with Crippen molar-refractivity contribution in [3.05, 3.63) is 68.9 Å². The molecule has 2 aromatic rings. The number of benzene rings is 2. The fraction of sp³-hybridized carbons (Fsp3) is 0.200. The smallest absolute Gasteiger partial charge is 0.123 e. The normalized spacial score (nSPS) is 14.1. The first kappa shape index (κ1) is 15.4.